The van der Waals surface area contributed by atoms with Gasteiger partial charge in [0.2, 0.25) is 0 Å². The van der Waals surface area contributed by atoms with Crippen LogP contribution in [0.15, 0.2) is 0 Å². The molecule has 1 aliphatic rings. The third-order valence-corrected chi connectivity index (χ3v) is 2.08. The molecule has 4 nitrogen and oxygen atoms in total. The lowest BCUT2D eigenvalue weighted by molar-refractivity contribution is 0.0938. The molecule has 0 aromatic carbocycles. The van der Waals surface area contributed by atoms with E-state index in [4.69, 9.17) is 0 Å². The van der Waals surface area contributed by atoms with Gasteiger partial charge in [-0.15, -0.1) is 0 Å². The number of nitrogens with one attached hydrogen (secondary N) is 1. The molecule has 0 spiro atoms. The van der Waals surface area contributed by atoms with Gasteiger partial charge in [-0.3, -0.25) is 0 Å². The van der Waals surface area contributed by atoms with E-state index < -0.39 is 0 Å². The maximum absolute atomic E-state index is 11.2. The summed E-state index contributed by atoms with van der Waals surface area (Å²) in [6.45, 7) is 11.9. The summed E-state index contributed by atoms with van der Waals surface area (Å²) < 4.78 is 0. The van der Waals surface area contributed by atoms with Crippen LogP contribution in [0, 0.1) is 0 Å². The maximum atomic E-state index is 11.2. The van der Waals surface area contributed by atoms with Gasteiger partial charge in [-0.2, -0.15) is 0 Å². The quantitative estimate of drug-likeness (QED) is 0.728. The number of hydrogen-bond acceptors (Lipinski definition) is 2. The predicted octanol–water partition coefficient (Wildman–Crippen LogP) is 2.23. The lowest BCUT2D eigenvalue weighted by Gasteiger charge is -2.29. The molecule has 0 bridgehead atoms. The normalized spacial score (nSPS) is 15.2. The van der Waals surface area contributed by atoms with Gasteiger partial charge in [0.15, 0.2) is 0 Å². The summed E-state index contributed by atoms with van der Waals surface area (Å²) in [5.41, 5.74) is 0. The fourth-order valence-electron chi connectivity index (χ4n) is 1.33. The Kier molecular flexibility index (Phi) is 13.5. The zero-order valence-electron chi connectivity index (χ0n) is 11.4. The van der Waals surface area contributed by atoms with Gasteiger partial charge in [-0.1, -0.05) is 27.7 Å². The lowest BCUT2D eigenvalue weighted by Crippen LogP contribution is -2.45. The first kappa shape index (κ1) is 17.6. The van der Waals surface area contributed by atoms with Crippen molar-refractivity contribution in [1.82, 2.24) is 10.2 Å². The molecular formula is C12H28N2O2. The van der Waals surface area contributed by atoms with Gasteiger partial charge in [0.05, 0.1) is 6.10 Å². The van der Waals surface area contributed by atoms with Gasteiger partial charge in [-0.25, -0.2) is 4.79 Å². The van der Waals surface area contributed by atoms with Gasteiger partial charge in [0.1, 0.15) is 0 Å². The molecule has 0 radical (unpaired) electrons. The standard InChI is InChI=1S/C8H16N2O2.2C2H6/c1-2-9-8(12)10-5-3-7(11)4-6-10;2*1-2/h7,11H,2-6H2,1H3,(H,9,12);2*1-2H3. The van der Waals surface area contributed by atoms with Gasteiger partial charge in [0.25, 0.3) is 0 Å². The van der Waals surface area contributed by atoms with Gasteiger partial charge >= 0.3 is 6.03 Å². The number of likely N-dealkylation sites (tertiary alicyclic amines) is 1. The second-order valence-corrected chi connectivity index (χ2v) is 3.05. The predicted molar refractivity (Wildman–Crippen MR) is 68.6 cm³/mol. The Bertz CT molecular complexity index is 155. The van der Waals surface area contributed by atoms with Crippen LogP contribution in [0.3, 0.4) is 0 Å². The monoisotopic (exact) mass is 232 g/mol. The molecule has 1 fully saturated rings. The number of piperidine rings is 1. The average molecular weight is 232 g/mol. The molecule has 0 saturated carbocycles. The smallest absolute Gasteiger partial charge is 0.317 e. The number of amides is 2. The summed E-state index contributed by atoms with van der Waals surface area (Å²) in [5.74, 6) is 0. The Balaban J connectivity index is 0. The molecule has 1 heterocycles. The van der Waals surface area contributed by atoms with Crippen LogP contribution in [-0.4, -0.2) is 41.8 Å². The fraction of sp³-hybridized carbons (Fsp3) is 0.917. The van der Waals surface area contributed by atoms with Gasteiger partial charge < -0.3 is 15.3 Å². The van der Waals surface area contributed by atoms with E-state index in [1.165, 1.54) is 0 Å². The number of rotatable bonds is 1. The second-order valence-electron chi connectivity index (χ2n) is 3.05. The highest BCUT2D eigenvalue weighted by molar-refractivity contribution is 5.74. The molecule has 1 aliphatic heterocycles. The summed E-state index contributed by atoms with van der Waals surface area (Å²) in [6.07, 6.45) is 1.20. The first-order valence-electron chi connectivity index (χ1n) is 6.45. The van der Waals surface area contributed by atoms with E-state index in [0.717, 1.165) is 0 Å². The Morgan fingerprint density at radius 1 is 1.25 bits per heavy atom. The number of urea groups is 1. The van der Waals surface area contributed by atoms with Crippen molar-refractivity contribution in [3.05, 3.63) is 0 Å². The molecule has 1 rings (SSSR count). The van der Waals surface area contributed by atoms with E-state index in [1.54, 1.807) is 4.90 Å². The molecule has 0 unspecified atom stereocenters. The van der Waals surface area contributed by atoms with Crippen molar-refractivity contribution in [2.45, 2.75) is 53.6 Å². The Morgan fingerprint density at radius 3 is 2.06 bits per heavy atom. The minimum absolute atomic E-state index is 0.00981. The summed E-state index contributed by atoms with van der Waals surface area (Å²) in [5, 5.41) is 11.9. The van der Waals surface area contributed by atoms with Crippen LogP contribution in [-0.2, 0) is 0 Å². The zero-order valence-corrected chi connectivity index (χ0v) is 11.4. The van der Waals surface area contributed by atoms with Crippen molar-refractivity contribution in [3.8, 4) is 0 Å². The number of carbonyl (C=O) groups is 1. The third-order valence-electron chi connectivity index (χ3n) is 2.08. The van der Waals surface area contributed by atoms with E-state index in [-0.39, 0.29) is 12.1 Å². The van der Waals surface area contributed by atoms with Crippen molar-refractivity contribution >= 4 is 6.03 Å². The minimum Gasteiger partial charge on any atom is -0.393 e. The fourth-order valence-corrected chi connectivity index (χ4v) is 1.33. The molecule has 0 atom stereocenters. The Labute approximate surface area is 100 Å². The van der Waals surface area contributed by atoms with Crippen molar-refractivity contribution in [2.24, 2.45) is 0 Å². The first-order valence-corrected chi connectivity index (χ1v) is 6.45. The van der Waals surface area contributed by atoms with Crippen LogP contribution in [0.25, 0.3) is 0 Å². The maximum Gasteiger partial charge on any atom is 0.317 e. The number of hydrogen-bond donors (Lipinski definition) is 2. The van der Waals surface area contributed by atoms with Gasteiger partial charge in [0, 0.05) is 19.6 Å². The van der Waals surface area contributed by atoms with Crippen LogP contribution < -0.4 is 5.32 Å². The lowest BCUT2D eigenvalue weighted by atomic mass is 10.1. The largest absolute Gasteiger partial charge is 0.393 e. The van der Waals surface area contributed by atoms with Crippen molar-refractivity contribution < 1.29 is 9.90 Å². The molecule has 0 aliphatic carbocycles. The number of aliphatic hydroxyl groups excluding tert-OH is 1. The summed E-state index contributed by atoms with van der Waals surface area (Å²) in [6, 6.07) is -0.00981. The molecule has 2 amide bonds. The Morgan fingerprint density at radius 2 is 1.69 bits per heavy atom. The third kappa shape index (κ3) is 7.51. The second kappa shape index (κ2) is 12.3. The van der Waals surface area contributed by atoms with E-state index in [1.807, 2.05) is 34.6 Å². The summed E-state index contributed by atoms with van der Waals surface area (Å²) >= 11 is 0. The van der Waals surface area contributed by atoms with Gasteiger partial charge in [-0.05, 0) is 19.8 Å². The van der Waals surface area contributed by atoms with Crippen LogP contribution in [0.5, 0.6) is 0 Å². The SMILES string of the molecule is CC.CC.CCNC(=O)N1CCC(O)CC1. The van der Waals surface area contributed by atoms with Crippen LogP contribution in [0.1, 0.15) is 47.5 Å². The van der Waals surface area contributed by atoms with E-state index >= 15 is 0 Å². The Hall–Kier alpha value is -0.770. The topological polar surface area (TPSA) is 52.6 Å². The average Bonchev–Trinajstić information content (AvgIpc) is 2.35. The highest BCUT2D eigenvalue weighted by Crippen LogP contribution is 2.09. The molecule has 0 aromatic heterocycles. The van der Waals surface area contributed by atoms with E-state index in [0.29, 0.717) is 32.5 Å². The first-order chi connectivity index (χ1) is 7.74. The van der Waals surface area contributed by atoms with Crippen LogP contribution in [0.4, 0.5) is 4.79 Å². The van der Waals surface area contributed by atoms with Crippen molar-refractivity contribution in [2.75, 3.05) is 19.6 Å². The number of nitrogens with zero attached hydrogens (tertiary/aromatic N) is 1. The van der Waals surface area contributed by atoms with Crippen LogP contribution in [0.2, 0.25) is 0 Å². The molecule has 2 N–H and O–H groups in total. The minimum atomic E-state index is -0.212. The molecular weight excluding hydrogens is 204 g/mol. The van der Waals surface area contributed by atoms with E-state index in [9.17, 15) is 9.90 Å². The van der Waals surface area contributed by atoms with E-state index in [2.05, 4.69) is 5.32 Å². The van der Waals surface area contributed by atoms with Crippen molar-refractivity contribution in [3.63, 3.8) is 0 Å². The highest BCUT2D eigenvalue weighted by Gasteiger charge is 2.20. The summed E-state index contributed by atoms with van der Waals surface area (Å²) in [7, 11) is 0. The van der Waals surface area contributed by atoms with Crippen molar-refractivity contribution in [1.29, 1.82) is 0 Å². The zero-order chi connectivity index (χ0) is 13.0. The molecule has 16 heavy (non-hydrogen) atoms. The highest BCUT2D eigenvalue weighted by atomic mass is 16.3. The number of carbonyl (C=O) groups excluding carboxylic acids is 1. The molecule has 4 heteroatoms. The van der Waals surface area contributed by atoms with Crippen LogP contribution >= 0.6 is 0 Å². The molecule has 98 valence electrons. The molecule has 0 aromatic rings. The summed E-state index contributed by atoms with van der Waals surface area (Å²) in [4.78, 5) is 13.0. The molecule has 1 saturated heterocycles. The number of aliphatic hydroxyl groups is 1.